The lowest BCUT2D eigenvalue weighted by Gasteiger charge is -2.13. The van der Waals surface area contributed by atoms with Crippen LogP contribution in [0.4, 0.5) is 0 Å². The van der Waals surface area contributed by atoms with E-state index in [9.17, 15) is 4.79 Å². The fraction of sp³-hybridized carbons (Fsp3) is 0.558. The molecule has 0 radical (unpaired) electrons. The van der Waals surface area contributed by atoms with Gasteiger partial charge in [0.25, 0.3) is 0 Å². The van der Waals surface area contributed by atoms with Crippen molar-refractivity contribution < 1.29 is 0 Å². The van der Waals surface area contributed by atoms with E-state index >= 15 is 0 Å². The second-order valence-electron chi connectivity index (χ2n) is 33.7. The Hall–Kier alpha value is -6.98. The molecule has 94 heavy (non-hydrogen) atoms. The minimum atomic E-state index is -0.0532. The van der Waals surface area contributed by atoms with Gasteiger partial charge < -0.3 is 9.97 Å². The van der Waals surface area contributed by atoms with Crippen molar-refractivity contribution in [2.75, 3.05) is 0 Å². The molecule has 9 aromatic heterocycles. The average Bonchev–Trinajstić information content (AvgIpc) is 1.84. The van der Waals surface area contributed by atoms with Crippen LogP contribution in [-0.2, 0) is 10.8 Å². The highest BCUT2D eigenvalue weighted by atomic mass is 32.1. The normalized spacial score (nSPS) is 10.3. The van der Waals surface area contributed by atoms with Gasteiger partial charge in [-0.2, -0.15) is 15.3 Å². The molecule has 532 valence electrons. The highest BCUT2D eigenvalue weighted by Gasteiger charge is 2.15. The highest BCUT2D eigenvalue weighted by molar-refractivity contribution is 7.10. The predicted molar refractivity (Wildman–Crippen MR) is 412 cm³/mol. The molecule has 9 heterocycles. The number of hydrogen-bond acceptors (Lipinski definition) is 14. The molecule has 3 N–H and O–H groups in total. The summed E-state index contributed by atoms with van der Waals surface area (Å²) in [5, 5.41) is 16.5. The third-order valence-electron chi connectivity index (χ3n) is 5.74. The molecule has 0 spiro atoms. The number of pyridine rings is 2. The second-order valence-corrected chi connectivity index (χ2v) is 35.5. The van der Waals surface area contributed by atoms with Crippen LogP contribution in [0, 0.1) is 37.9 Å². The Balaban J connectivity index is -0.000000173. The zero-order valence-electron chi connectivity index (χ0n) is 65.5. The van der Waals surface area contributed by atoms with Gasteiger partial charge in [-0.3, -0.25) is 29.8 Å². The molecule has 0 saturated carbocycles. The van der Waals surface area contributed by atoms with Crippen LogP contribution >= 0.6 is 22.7 Å². The van der Waals surface area contributed by atoms with Crippen molar-refractivity contribution in [2.24, 2.45) is 37.9 Å². The van der Waals surface area contributed by atoms with E-state index < -0.39 is 0 Å². The predicted octanol–water partition coefficient (Wildman–Crippen LogP) is 23.0. The minimum absolute atomic E-state index is 0.0532. The molecule has 0 aliphatic carbocycles. The summed E-state index contributed by atoms with van der Waals surface area (Å²) >= 11 is 3.44. The largest absolute Gasteiger partial charge is 0.351 e. The molecule has 9 aromatic rings. The Kier molecular flexibility index (Phi) is 62.7. The van der Waals surface area contributed by atoms with Gasteiger partial charge in [0.2, 0.25) is 5.56 Å². The van der Waals surface area contributed by atoms with E-state index in [-0.39, 0.29) is 16.4 Å². The average molecular weight is 1340 g/mol. The van der Waals surface area contributed by atoms with E-state index in [1.165, 1.54) is 22.3 Å². The van der Waals surface area contributed by atoms with Crippen molar-refractivity contribution >= 4 is 22.7 Å². The number of aromatic nitrogens is 14. The number of hydrogen-bond donors (Lipinski definition) is 3. The van der Waals surface area contributed by atoms with Crippen molar-refractivity contribution in [3.63, 3.8) is 0 Å². The molecule has 15 nitrogen and oxygen atoms in total. The van der Waals surface area contributed by atoms with Crippen LogP contribution in [-0.4, -0.2) is 70.2 Å². The van der Waals surface area contributed by atoms with Crippen LogP contribution in [0.15, 0.2) is 194 Å². The molecular formula is C77H136N14OS2. The van der Waals surface area contributed by atoms with Gasteiger partial charge >= 0.3 is 0 Å². The zero-order valence-corrected chi connectivity index (χ0v) is 67.2. The molecular weight excluding hydrogens is 1200 g/mol. The quantitative estimate of drug-likeness (QED) is 0.130. The summed E-state index contributed by atoms with van der Waals surface area (Å²) in [6, 6.07) is 17.9. The molecule has 0 aromatic carbocycles. The van der Waals surface area contributed by atoms with Gasteiger partial charge in [-0.05, 0) is 85.8 Å². The van der Waals surface area contributed by atoms with Crippen molar-refractivity contribution in [1.29, 1.82) is 0 Å². The van der Waals surface area contributed by atoms with Gasteiger partial charge in [0.15, 0.2) is 0 Å². The lowest BCUT2D eigenvalue weighted by Crippen LogP contribution is -2.09. The van der Waals surface area contributed by atoms with Crippen LogP contribution < -0.4 is 5.56 Å². The zero-order chi connectivity index (χ0) is 74.5. The first-order chi connectivity index (χ1) is 42.6. The number of thiazole rings is 2. The molecule has 0 aliphatic heterocycles. The fourth-order valence-corrected chi connectivity index (χ4v) is 4.50. The van der Waals surface area contributed by atoms with Crippen molar-refractivity contribution in [3.8, 4) is 0 Å². The van der Waals surface area contributed by atoms with Gasteiger partial charge in [-0.15, -0.1) is 22.7 Å². The van der Waals surface area contributed by atoms with Crippen LogP contribution in [0.25, 0.3) is 0 Å². The Bertz CT molecular complexity index is 2280. The maximum atomic E-state index is 10.2. The minimum Gasteiger partial charge on any atom is -0.351 e. The van der Waals surface area contributed by atoms with E-state index in [4.69, 9.17) is 0 Å². The Morgan fingerprint density at radius 2 is 0.745 bits per heavy atom. The van der Waals surface area contributed by atoms with E-state index in [1.54, 1.807) is 140 Å². The van der Waals surface area contributed by atoms with E-state index in [0.717, 1.165) is 0 Å². The van der Waals surface area contributed by atoms with Crippen LogP contribution in [0.2, 0.25) is 0 Å². The number of aromatic amines is 3. The first-order valence-corrected chi connectivity index (χ1v) is 33.6. The Morgan fingerprint density at radius 3 is 0.872 bits per heavy atom. The Morgan fingerprint density at radius 1 is 0.340 bits per heavy atom. The van der Waals surface area contributed by atoms with Gasteiger partial charge in [0, 0.05) is 127 Å². The van der Waals surface area contributed by atoms with Gasteiger partial charge in [0.1, 0.15) is 6.33 Å². The first kappa shape index (κ1) is 101. The van der Waals surface area contributed by atoms with Crippen LogP contribution in [0.1, 0.15) is 245 Å². The highest BCUT2D eigenvalue weighted by Crippen LogP contribution is 2.25. The molecule has 0 aliphatic rings. The van der Waals surface area contributed by atoms with Crippen molar-refractivity contribution in [3.05, 3.63) is 210 Å². The summed E-state index contributed by atoms with van der Waals surface area (Å²) in [4.78, 5) is 47.2. The third kappa shape index (κ3) is 161. The maximum absolute atomic E-state index is 10.2. The summed E-state index contributed by atoms with van der Waals surface area (Å²) in [5.74, 6) is 0. The molecule has 0 bridgehead atoms. The maximum Gasteiger partial charge on any atom is 0.247 e. The number of rotatable bonds is 0. The SMILES string of the molecule is CC(C)(C)C.CC(C)(C)C.CC(C)(C)C.CC(C)(C)C.CC(C)(C)C.CC(C)(C)C.CC(C)(C)C.CC(C)(C)c1cncs1.CC(C)(C)c1nccs1.O=c1cccc[nH]1.c1c[nH]cn1.c1ccncc1.c1ccnnc1.c1cn[nH]c1.c1cnccn1.c1cncnc1. The number of nitrogens with zero attached hydrogens (tertiary/aromatic N) is 11. The lowest BCUT2D eigenvalue weighted by molar-refractivity contribution is 0.469. The Labute approximate surface area is 583 Å². The molecule has 0 amide bonds. The summed E-state index contributed by atoms with van der Waals surface area (Å²) in [6.45, 7) is 74.4. The van der Waals surface area contributed by atoms with Crippen LogP contribution in [0.3, 0.4) is 0 Å². The summed E-state index contributed by atoms with van der Waals surface area (Å²) in [6.07, 6.45) is 32.1. The van der Waals surface area contributed by atoms with E-state index in [2.05, 4.69) is 306 Å². The van der Waals surface area contributed by atoms with Crippen molar-refractivity contribution in [1.82, 2.24) is 70.2 Å². The number of nitrogens with one attached hydrogen (secondary N) is 3. The van der Waals surface area contributed by atoms with Gasteiger partial charge in [-0.1, -0.05) is 248 Å². The smallest absolute Gasteiger partial charge is 0.247 e. The molecule has 0 atom stereocenters. The number of H-pyrrole nitrogens is 3. The summed E-state index contributed by atoms with van der Waals surface area (Å²) < 4.78 is 0. The second kappa shape index (κ2) is 58.6. The third-order valence-corrected chi connectivity index (χ3v) is 8.14. The fourth-order valence-electron chi connectivity index (χ4n) is 3.06. The molecule has 17 heteroatoms. The summed E-state index contributed by atoms with van der Waals surface area (Å²) in [7, 11) is 0. The van der Waals surface area contributed by atoms with E-state index in [0.29, 0.717) is 37.9 Å². The number of imidazole rings is 1. The van der Waals surface area contributed by atoms with Crippen LogP contribution in [0.5, 0.6) is 0 Å². The standard InChI is InChI=1S/2C7H11NS.C5H5NO.C5H5N.7C5H12.3C4H4N2.2C3H4N2/c1-7(2,3)6-4-8-5-9-6;1-7(2,3)6-8-4-5-9-6;7-5-3-1-2-4-6-5;1-2-4-6-5-3-1;7*1-5(2,3)4;1-2-6-4-3-5-1;1-2-5-4-6-3-1;1-2-4-6-5-3-1;1-2-5-3-4-1;1-2-4-5-3-1/h2*4-5H,1-3H3;1-4H,(H,6,7);1-5H;7*1-4H3;3*1-4H;2*1-3H,(H,4,5). The van der Waals surface area contributed by atoms with Crippen molar-refractivity contribution in [2.45, 2.75) is 246 Å². The monoisotopic (exact) mass is 1340 g/mol. The molecule has 0 saturated heterocycles. The lowest BCUT2D eigenvalue weighted by atomic mass is 9.96. The molecule has 0 unspecified atom stereocenters. The van der Waals surface area contributed by atoms with Gasteiger partial charge in [-0.25, -0.2) is 19.9 Å². The molecule has 9 rings (SSSR count). The molecule has 0 fully saturated rings. The topological polar surface area (TPSA) is 206 Å². The first-order valence-electron chi connectivity index (χ1n) is 31.9. The summed E-state index contributed by atoms with van der Waals surface area (Å²) in [5.41, 5.74) is 5.83. The van der Waals surface area contributed by atoms with E-state index in [1.807, 2.05) is 59.7 Å². The van der Waals surface area contributed by atoms with Gasteiger partial charge in [0.05, 0.1) is 16.8 Å².